The Bertz CT molecular complexity index is 517. The highest BCUT2D eigenvalue weighted by atomic mass is 32.2. The van der Waals surface area contributed by atoms with Crippen molar-refractivity contribution >= 4 is 35.2 Å². The Morgan fingerprint density at radius 3 is 2.70 bits per heavy atom. The molecule has 1 aliphatic rings. The maximum Gasteiger partial charge on any atom is 0.306 e. The van der Waals surface area contributed by atoms with Crippen LogP contribution in [-0.4, -0.2) is 35.9 Å². The minimum atomic E-state index is -0.410. The van der Waals surface area contributed by atoms with Gasteiger partial charge >= 0.3 is 5.97 Å². The summed E-state index contributed by atoms with van der Waals surface area (Å²) in [5.41, 5.74) is 0.596. The fourth-order valence-electron chi connectivity index (χ4n) is 1.97. The van der Waals surface area contributed by atoms with Crippen LogP contribution in [0.4, 0.5) is 5.69 Å². The van der Waals surface area contributed by atoms with E-state index in [4.69, 9.17) is 0 Å². The lowest BCUT2D eigenvalue weighted by molar-refractivity contribution is -0.140. The number of anilines is 1. The molecule has 1 fully saturated rings. The number of benzene rings is 1. The van der Waals surface area contributed by atoms with Gasteiger partial charge < -0.3 is 4.74 Å². The molecule has 0 N–H and O–H groups in total. The Balaban J connectivity index is 1.97. The van der Waals surface area contributed by atoms with Gasteiger partial charge in [0.2, 0.25) is 11.8 Å². The third-order valence-corrected chi connectivity index (χ3v) is 4.18. The first-order valence-electron chi connectivity index (χ1n) is 6.23. The number of para-hydroxylation sites is 1. The van der Waals surface area contributed by atoms with Gasteiger partial charge in [0.25, 0.3) is 0 Å². The van der Waals surface area contributed by atoms with E-state index in [-0.39, 0.29) is 30.6 Å². The summed E-state index contributed by atoms with van der Waals surface area (Å²) in [6.07, 6.45) is 0.421. The molecule has 106 valence electrons. The first kappa shape index (κ1) is 14.6. The largest absolute Gasteiger partial charge is 0.469 e. The van der Waals surface area contributed by atoms with E-state index < -0.39 is 5.25 Å². The summed E-state index contributed by atoms with van der Waals surface area (Å²) in [5.74, 6) is -0.249. The topological polar surface area (TPSA) is 63.7 Å². The molecule has 20 heavy (non-hydrogen) atoms. The van der Waals surface area contributed by atoms with E-state index in [2.05, 4.69) is 4.74 Å². The number of thioether (sulfide) groups is 1. The van der Waals surface area contributed by atoms with Crippen LogP contribution in [0.2, 0.25) is 0 Å². The minimum absolute atomic E-state index is 0.180. The van der Waals surface area contributed by atoms with Gasteiger partial charge in [-0.25, -0.2) is 4.90 Å². The molecule has 0 bridgehead atoms. The fourth-order valence-corrected chi connectivity index (χ4v) is 3.05. The number of rotatable bonds is 5. The third kappa shape index (κ3) is 3.19. The highest BCUT2D eigenvalue weighted by Crippen LogP contribution is 2.29. The predicted molar refractivity (Wildman–Crippen MR) is 76.4 cm³/mol. The van der Waals surface area contributed by atoms with Crippen molar-refractivity contribution in [1.29, 1.82) is 0 Å². The Hall–Kier alpha value is -1.82. The van der Waals surface area contributed by atoms with Crippen molar-refractivity contribution < 1.29 is 19.1 Å². The van der Waals surface area contributed by atoms with Gasteiger partial charge in [0, 0.05) is 12.2 Å². The van der Waals surface area contributed by atoms with E-state index in [9.17, 15) is 14.4 Å². The van der Waals surface area contributed by atoms with Crippen molar-refractivity contribution in [3.05, 3.63) is 30.3 Å². The molecule has 0 aromatic heterocycles. The minimum Gasteiger partial charge on any atom is -0.469 e. The highest BCUT2D eigenvalue weighted by Gasteiger charge is 2.39. The maximum atomic E-state index is 12.2. The maximum absolute atomic E-state index is 12.2. The van der Waals surface area contributed by atoms with Crippen LogP contribution in [0.5, 0.6) is 0 Å². The summed E-state index contributed by atoms with van der Waals surface area (Å²) >= 11 is 1.33. The highest BCUT2D eigenvalue weighted by molar-refractivity contribution is 8.00. The van der Waals surface area contributed by atoms with Crippen LogP contribution < -0.4 is 4.90 Å². The van der Waals surface area contributed by atoms with Gasteiger partial charge in [-0.3, -0.25) is 14.4 Å². The summed E-state index contributed by atoms with van der Waals surface area (Å²) in [7, 11) is 1.33. The number of hydrogen-bond acceptors (Lipinski definition) is 5. The van der Waals surface area contributed by atoms with Gasteiger partial charge in [0.15, 0.2) is 0 Å². The van der Waals surface area contributed by atoms with Gasteiger partial charge in [-0.1, -0.05) is 18.2 Å². The molecule has 1 saturated heterocycles. The van der Waals surface area contributed by atoms with Gasteiger partial charge in [-0.05, 0) is 12.1 Å². The zero-order chi connectivity index (χ0) is 14.5. The first-order valence-corrected chi connectivity index (χ1v) is 7.28. The lowest BCUT2D eigenvalue weighted by atomic mass is 10.3. The third-order valence-electron chi connectivity index (χ3n) is 2.97. The quantitative estimate of drug-likeness (QED) is 0.609. The number of nitrogens with zero attached hydrogens (tertiary/aromatic N) is 1. The van der Waals surface area contributed by atoms with Gasteiger partial charge in [-0.2, -0.15) is 0 Å². The Labute approximate surface area is 121 Å². The molecule has 0 radical (unpaired) electrons. The number of carbonyl (C=O) groups is 3. The van der Waals surface area contributed by atoms with Crippen LogP contribution in [0.3, 0.4) is 0 Å². The fraction of sp³-hybridized carbons (Fsp3) is 0.357. The molecular weight excluding hydrogens is 278 g/mol. The summed E-state index contributed by atoms with van der Waals surface area (Å²) in [6, 6.07) is 8.87. The summed E-state index contributed by atoms with van der Waals surface area (Å²) in [4.78, 5) is 36.4. The Morgan fingerprint density at radius 1 is 1.35 bits per heavy atom. The van der Waals surface area contributed by atoms with Gasteiger partial charge in [0.05, 0.1) is 24.5 Å². The molecule has 0 saturated carbocycles. The van der Waals surface area contributed by atoms with Gasteiger partial charge in [0.1, 0.15) is 0 Å². The Kier molecular flexibility index (Phi) is 4.79. The van der Waals surface area contributed by atoms with Crippen LogP contribution in [0.15, 0.2) is 30.3 Å². The van der Waals surface area contributed by atoms with E-state index in [1.54, 1.807) is 24.3 Å². The molecule has 6 heteroatoms. The second-order valence-corrected chi connectivity index (χ2v) is 5.60. The summed E-state index contributed by atoms with van der Waals surface area (Å²) < 4.78 is 4.54. The molecule has 0 aliphatic carbocycles. The number of methoxy groups -OCH3 is 1. The molecule has 0 spiro atoms. The molecule has 0 unspecified atom stereocenters. The van der Waals surface area contributed by atoms with E-state index >= 15 is 0 Å². The van der Waals surface area contributed by atoms with Crippen LogP contribution in [0.1, 0.15) is 12.8 Å². The smallest absolute Gasteiger partial charge is 0.306 e. The second kappa shape index (κ2) is 6.56. The zero-order valence-corrected chi connectivity index (χ0v) is 11.9. The molecule has 1 atom stereocenters. The normalized spacial score (nSPS) is 18.4. The number of esters is 1. The molecule has 5 nitrogen and oxygen atoms in total. The van der Waals surface area contributed by atoms with Crippen molar-refractivity contribution in [1.82, 2.24) is 0 Å². The molecule has 1 aromatic carbocycles. The predicted octanol–water partition coefficient (Wildman–Crippen LogP) is 1.61. The number of hydrogen-bond donors (Lipinski definition) is 0. The van der Waals surface area contributed by atoms with Crippen LogP contribution in [0, 0.1) is 0 Å². The molecular formula is C14H15NO4S. The van der Waals surface area contributed by atoms with Crippen molar-refractivity contribution in [2.45, 2.75) is 18.1 Å². The first-order chi connectivity index (χ1) is 9.63. The standard InChI is InChI=1S/C14H15NO4S/c1-19-13(17)7-8-20-11-9-12(16)15(14(11)18)10-5-3-2-4-6-10/h2-6,11H,7-9H2,1H3/t11-/m0/s1. The lowest BCUT2D eigenvalue weighted by Crippen LogP contribution is -2.31. The van der Waals surface area contributed by atoms with E-state index in [1.165, 1.54) is 23.8 Å². The van der Waals surface area contributed by atoms with Crippen LogP contribution >= 0.6 is 11.8 Å². The number of carbonyl (C=O) groups excluding carboxylic acids is 3. The summed E-state index contributed by atoms with van der Waals surface area (Å²) in [6.45, 7) is 0. The van der Waals surface area contributed by atoms with Crippen molar-refractivity contribution in [3.63, 3.8) is 0 Å². The lowest BCUT2D eigenvalue weighted by Gasteiger charge is -2.14. The van der Waals surface area contributed by atoms with E-state index in [0.717, 1.165) is 0 Å². The zero-order valence-electron chi connectivity index (χ0n) is 11.1. The number of amides is 2. The van der Waals surface area contributed by atoms with Crippen molar-refractivity contribution in [2.75, 3.05) is 17.8 Å². The number of imide groups is 1. The Morgan fingerprint density at radius 2 is 2.05 bits per heavy atom. The molecule has 1 aromatic rings. The number of ether oxygens (including phenoxy) is 1. The van der Waals surface area contributed by atoms with Crippen LogP contribution in [0.25, 0.3) is 0 Å². The average molecular weight is 293 g/mol. The summed E-state index contributed by atoms with van der Waals surface area (Å²) in [5, 5.41) is -0.410. The van der Waals surface area contributed by atoms with Gasteiger partial charge in [-0.15, -0.1) is 11.8 Å². The van der Waals surface area contributed by atoms with Crippen LogP contribution in [-0.2, 0) is 19.1 Å². The molecule has 1 heterocycles. The van der Waals surface area contributed by atoms with Crippen molar-refractivity contribution in [3.8, 4) is 0 Å². The van der Waals surface area contributed by atoms with E-state index in [1.807, 2.05) is 6.07 Å². The molecule has 2 amide bonds. The van der Waals surface area contributed by atoms with Crippen molar-refractivity contribution in [2.24, 2.45) is 0 Å². The molecule has 1 aliphatic heterocycles. The van der Waals surface area contributed by atoms with E-state index in [0.29, 0.717) is 11.4 Å². The monoisotopic (exact) mass is 293 g/mol. The molecule has 2 rings (SSSR count). The SMILES string of the molecule is COC(=O)CCS[C@H]1CC(=O)N(c2ccccc2)C1=O. The average Bonchev–Trinajstić information content (AvgIpc) is 2.74. The second-order valence-electron chi connectivity index (χ2n) is 4.29.